The third-order valence-corrected chi connectivity index (χ3v) is 3.64. The van der Waals surface area contributed by atoms with Gasteiger partial charge in [-0.15, -0.1) is 0 Å². The van der Waals surface area contributed by atoms with Crippen LogP contribution in [0.2, 0.25) is 0 Å². The SMILES string of the molecule is OC(CNCc1ccccc1Br)c1ccc(F)cc1. The van der Waals surface area contributed by atoms with Crippen LogP contribution in [-0.2, 0) is 6.54 Å². The standard InChI is InChI=1S/C15H15BrFNO/c16-14-4-2-1-3-12(14)9-18-10-15(19)11-5-7-13(17)8-6-11/h1-8,15,18-19H,9-10H2. The predicted molar refractivity (Wildman–Crippen MR) is 77.2 cm³/mol. The number of halogens is 2. The second kappa shape index (κ2) is 6.80. The van der Waals surface area contributed by atoms with Gasteiger partial charge in [0.05, 0.1) is 6.10 Å². The van der Waals surface area contributed by atoms with Crippen LogP contribution < -0.4 is 5.32 Å². The lowest BCUT2D eigenvalue weighted by Gasteiger charge is -2.12. The van der Waals surface area contributed by atoms with Gasteiger partial charge < -0.3 is 10.4 Å². The van der Waals surface area contributed by atoms with E-state index in [2.05, 4.69) is 21.2 Å². The molecular formula is C15H15BrFNO. The van der Waals surface area contributed by atoms with Gasteiger partial charge in [0.15, 0.2) is 0 Å². The van der Waals surface area contributed by atoms with Gasteiger partial charge in [0.2, 0.25) is 0 Å². The molecule has 100 valence electrons. The minimum atomic E-state index is -0.636. The summed E-state index contributed by atoms with van der Waals surface area (Å²) in [5.74, 6) is -0.294. The molecule has 4 heteroatoms. The van der Waals surface area contributed by atoms with Gasteiger partial charge in [0.25, 0.3) is 0 Å². The topological polar surface area (TPSA) is 32.3 Å². The number of nitrogens with one attached hydrogen (secondary N) is 1. The molecule has 0 amide bonds. The zero-order valence-electron chi connectivity index (χ0n) is 10.3. The first kappa shape index (κ1) is 14.2. The van der Waals surface area contributed by atoms with Crippen LogP contribution in [0.15, 0.2) is 53.0 Å². The summed E-state index contributed by atoms with van der Waals surface area (Å²) in [6.07, 6.45) is -0.636. The molecule has 0 bridgehead atoms. The number of aliphatic hydroxyl groups excluding tert-OH is 1. The second-order valence-corrected chi connectivity index (χ2v) is 5.14. The molecule has 0 aliphatic carbocycles. The van der Waals surface area contributed by atoms with Gasteiger partial charge in [0.1, 0.15) is 5.82 Å². The van der Waals surface area contributed by atoms with E-state index >= 15 is 0 Å². The lowest BCUT2D eigenvalue weighted by Crippen LogP contribution is -2.21. The van der Waals surface area contributed by atoms with Crippen molar-refractivity contribution in [3.8, 4) is 0 Å². The molecule has 0 heterocycles. The van der Waals surface area contributed by atoms with Crippen molar-refractivity contribution in [3.05, 3.63) is 69.9 Å². The Morgan fingerprint density at radius 1 is 1.11 bits per heavy atom. The van der Waals surface area contributed by atoms with E-state index in [-0.39, 0.29) is 5.82 Å². The summed E-state index contributed by atoms with van der Waals surface area (Å²) in [5.41, 5.74) is 1.84. The number of benzene rings is 2. The smallest absolute Gasteiger partial charge is 0.123 e. The molecule has 2 rings (SSSR count). The van der Waals surface area contributed by atoms with Crippen LogP contribution in [0.3, 0.4) is 0 Å². The van der Waals surface area contributed by atoms with Gasteiger partial charge in [-0.25, -0.2) is 4.39 Å². The van der Waals surface area contributed by atoms with Crippen LogP contribution in [-0.4, -0.2) is 11.7 Å². The molecule has 19 heavy (non-hydrogen) atoms. The highest BCUT2D eigenvalue weighted by atomic mass is 79.9. The Kier molecular flexibility index (Phi) is 5.07. The van der Waals surface area contributed by atoms with E-state index in [1.54, 1.807) is 12.1 Å². The van der Waals surface area contributed by atoms with Crippen LogP contribution in [0, 0.1) is 5.82 Å². The largest absolute Gasteiger partial charge is 0.387 e. The molecule has 1 atom stereocenters. The molecule has 0 fully saturated rings. The molecule has 0 radical (unpaired) electrons. The molecule has 0 spiro atoms. The van der Waals surface area contributed by atoms with Crippen molar-refractivity contribution in [3.63, 3.8) is 0 Å². The van der Waals surface area contributed by atoms with Crippen LogP contribution in [0.5, 0.6) is 0 Å². The highest BCUT2D eigenvalue weighted by Crippen LogP contribution is 2.16. The lowest BCUT2D eigenvalue weighted by molar-refractivity contribution is 0.174. The summed E-state index contributed by atoms with van der Waals surface area (Å²) in [5, 5.41) is 13.1. The Labute approximate surface area is 120 Å². The Morgan fingerprint density at radius 3 is 2.47 bits per heavy atom. The minimum Gasteiger partial charge on any atom is -0.387 e. The molecule has 2 aromatic carbocycles. The fourth-order valence-corrected chi connectivity index (χ4v) is 2.21. The maximum absolute atomic E-state index is 12.8. The monoisotopic (exact) mass is 323 g/mol. The molecular weight excluding hydrogens is 309 g/mol. The molecule has 0 aromatic heterocycles. The zero-order valence-corrected chi connectivity index (χ0v) is 11.9. The van der Waals surface area contributed by atoms with Crippen molar-refractivity contribution in [2.75, 3.05) is 6.54 Å². The van der Waals surface area contributed by atoms with E-state index in [0.29, 0.717) is 18.7 Å². The quantitative estimate of drug-likeness (QED) is 0.883. The highest BCUT2D eigenvalue weighted by molar-refractivity contribution is 9.10. The summed E-state index contributed by atoms with van der Waals surface area (Å²) in [7, 11) is 0. The van der Waals surface area contributed by atoms with Crippen molar-refractivity contribution in [2.45, 2.75) is 12.6 Å². The average molecular weight is 324 g/mol. The van der Waals surface area contributed by atoms with Gasteiger partial charge in [-0.1, -0.05) is 46.3 Å². The molecule has 2 aromatic rings. The third-order valence-electron chi connectivity index (χ3n) is 2.87. The summed E-state index contributed by atoms with van der Waals surface area (Å²) in [4.78, 5) is 0. The first-order valence-corrected chi connectivity index (χ1v) is 6.84. The van der Waals surface area contributed by atoms with Crippen LogP contribution in [0.1, 0.15) is 17.2 Å². The van der Waals surface area contributed by atoms with E-state index in [0.717, 1.165) is 10.0 Å². The maximum Gasteiger partial charge on any atom is 0.123 e. The molecule has 0 saturated carbocycles. The van der Waals surface area contributed by atoms with Crippen molar-refractivity contribution in [2.24, 2.45) is 0 Å². The third kappa shape index (κ3) is 4.13. The van der Waals surface area contributed by atoms with E-state index in [4.69, 9.17) is 0 Å². The minimum absolute atomic E-state index is 0.294. The lowest BCUT2D eigenvalue weighted by atomic mass is 10.1. The first-order valence-electron chi connectivity index (χ1n) is 6.04. The molecule has 0 saturated heterocycles. The number of rotatable bonds is 5. The normalized spacial score (nSPS) is 12.4. The summed E-state index contributed by atoms with van der Waals surface area (Å²) in [6, 6.07) is 13.8. The van der Waals surface area contributed by atoms with Gasteiger partial charge in [-0.3, -0.25) is 0 Å². The Morgan fingerprint density at radius 2 is 1.79 bits per heavy atom. The zero-order chi connectivity index (χ0) is 13.7. The molecule has 1 unspecified atom stereocenters. The fourth-order valence-electron chi connectivity index (χ4n) is 1.79. The number of hydrogen-bond donors (Lipinski definition) is 2. The van der Waals surface area contributed by atoms with Crippen molar-refractivity contribution in [1.82, 2.24) is 5.32 Å². The van der Waals surface area contributed by atoms with E-state index in [1.807, 2.05) is 24.3 Å². The Balaban J connectivity index is 1.86. The van der Waals surface area contributed by atoms with Crippen molar-refractivity contribution >= 4 is 15.9 Å². The first-order chi connectivity index (χ1) is 9.16. The summed E-state index contributed by atoms with van der Waals surface area (Å²) >= 11 is 3.47. The summed E-state index contributed by atoms with van der Waals surface area (Å²) in [6.45, 7) is 1.09. The van der Waals surface area contributed by atoms with Gasteiger partial charge in [-0.05, 0) is 29.3 Å². The van der Waals surface area contributed by atoms with E-state index < -0.39 is 6.10 Å². The van der Waals surface area contributed by atoms with E-state index in [1.165, 1.54) is 12.1 Å². The number of hydrogen-bond acceptors (Lipinski definition) is 2. The molecule has 2 N–H and O–H groups in total. The maximum atomic E-state index is 12.8. The average Bonchev–Trinajstić information content (AvgIpc) is 2.41. The molecule has 0 aliphatic heterocycles. The fraction of sp³-hybridized carbons (Fsp3) is 0.200. The Bertz CT molecular complexity index is 530. The summed E-state index contributed by atoms with van der Waals surface area (Å²) < 4.78 is 13.8. The molecule has 2 nitrogen and oxygen atoms in total. The molecule has 0 aliphatic rings. The van der Waals surface area contributed by atoms with Crippen molar-refractivity contribution < 1.29 is 9.50 Å². The van der Waals surface area contributed by atoms with E-state index in [9.17, 15) is 9.50 Å². The van der Waals surface area contributed by atoms with Crippen LogP contribution >= 0.6 is 15.9 Å². The highest BCUT2D eigenvalue weighted by Gasteiger charge is 2.07. The van der Waals surface area contributed by atoms with Crippen molar-refractivity contribution in [1.29, 1.82) is 0 Å². The Hall–Kier alpha value is -1.23. The van der Waals surface area contributed by atoms with Gasteiger partial charge in [0, 0.05) is 17.6 Å². The van der Waals surface area contributed by atoms with Gasteiger partial charge in [-0.2, -0.15) is 0 Å². The second-order valence-electron chi connectivity index (χ2n) is 4.29. The van der Waals surface area contributed by atoms with Gasteiger partial charge >= 0.3 is 0 Å². The number of aliphatic hydroxyl groups is 1. The predicted octanol–water partition coefficient (Wildman–Crippen LogP) is 3.41. The van der Waals surface area contributed by atoms with Crippen LogP contribution in [0.25, 0.3) is 0 Å². The van der Waals surface area contributed by atoms with Crippen LogP contribution in [0.4, 0.5) is 4.39 Å².